The molecule has 0 aliphatic carbocycles. The highest BCUT2D eigenvalue weighted by molar-refractivity contribution is 5.84. The fourth-order valence-corrected chi connectivity index (χ4v) is 1.52. The van der Waals surface area contributed by atoms with Crippen molar-refractivity contribution in [3.63, 3.8) is 0 Å². The number of rotatable bonds is 7. The van der Waals surface area contributed by atoms with Crippen LogP contribution < -0.4 is 10.1 Å². The Bertz CT molecular complexity index is 633. The topological polar surface area (TPSA) is 119 Å². The Kier molecular flexibility index (Phi) is 4.54. The Labute approximate surface area is 119 Å². The van der Waals surface area contributed by atoms with Gasteiger partial charge in [-0.2, -0.15) is 0 Å². The van der Waals surface area contributed by atoms with Gasteiger partial charge in [-0.25, -0.2) is 9.78 Å². The quantitative estimate of drug-likeness (QED) is 0.741. The molecule has 0 saturated heterocycles. The molecule has 0 radical (unpaired) electrons. The number of hydrogen-bond donors (Lipinski definition) is 2. The highest BCUT2D eigenvalue weighted by Gasteiger charge is 2.07. The molecule has 112 valence electrons. The van der Waals surface area contributed by atoms with Crippen molar-refractivity contribution < 1.29 is 24.0 Å². The van der Waals surface area contributed by atoms with E-state index in [9.17, 15) is 9.59 Å². The third kappa shape index (κ3) is 4.34. The molecule has 0 spiro atoms. The number of aryl methyl sites for hydroxylation is 1. The first kappa shape index (κ1) is 14.6. The number of carboxylic acids is 1. The molecule has 0 unspecified atom stereocenters. The second-order valence-electron chi connectivity index (χ2n) is 4.22. The Balaban J connectivity index is 1.67. The molecule has 0 bridgehead atoms. The summed E-state index contributed by atoms with van der Waals surface area (Å²) in [4.78, 5) is 25.9. The summed E-state index contributed by atoms with van der Waals surface area (Å²) in [5.74, 6) is -0.550. The molecule has 9 nitrogen and oxygen atoms in total. The smallest absolute Gasteiger partial charge is 0.356 e. The van der Waals surface area contributed by atoms with Gasteiger partial charge in [0.1, 0.15) is 5.76 Å². The van der Waals surface area contributed by atoms with Crippen LogP contribution in [0.2, 0.25) is 0 Å². The lowest BCUT2D eigenvalue weighted by Gasteiger charge is -2.05. The van der Waals surface area contributed by atoms with Crippen molar-refractivity contribution in [2.45, 2.75) is 13.5 Å². The summed E-state index contributed by atoms with van der Waals surface area (Å²) in [6, 6.07) is 1.58. The van der Waals surface area contributed by atoms with Crippen LogP contribution in [0.4, 0.5) is 0 Å². The second kappa shape index (κ2) is 6.55. The molecule has 2 heterocycles. The summed E-state index contributed by atoms with van der Waals surface area (Å²) in [6.45, 7) is 2.29. The number of nitrogens with one attached hydrogen (secondary N) is 1. The standard InChI is InChI=1S/C12H14N4O5/c1-8-4-11(15-21-8)20-6-10(17)13-2-3-16-5-9(12(18)19)14-7-16/h4-5,7H,2-3,6H2,1H3,(H,13,17)(H,18,19). The van der Waals surface area contributed by atoms with Gasteiger partial charge in [0.25, 0.3) is 11.8 Å². The number of carboxylic acid groups (broad SMARTS) is 1. The minimum absolute atomic E-state index is 0.0361. The monoisotopic (exact) mass is 294 g/mol. The van der Waals surface area contributed by atoms with Gasteiger partial charge in [-0.05, 0) is 12.1 Å². The predicted molar refractivity (Wildman–Crippen MR) is 68.9 cm³/mol. The Morgan fingerprint density at radius 3 is 2.95 bits per heavy atom. The number of carbonyl (C=O) groups excluding carboxylic acids is 1. The second-order valence-corrected chi connectivity index (χ2v) is 4.22. The fraction of sp³-hybridized carbons (Fsp3) is 0.333. The number of imidazole rings is 1. The number of aromatic carboxylic acids is 1. The summed E-state index contributed by atoms with van der Waals surface area (Å²) < 4.78 is 11.5. The van der Waals surface area contributed by atoms with Crippen LogP contribution in [0.15, 0.2) is 23.1 Å². The maximum atomic E-state index is 11.5. The van der Waals surface area contributed by atoms with E-state index in [1.165, 1.54) is 12.5 Å². The lowest BCUT2D eigenvalue weighted by Crippen LogP contribution is -2.31. The number of hydrogen-bond acceptors (Lipinski definition) is 6. The normalized spacial score (nSPS) is 10.3. The van der Waals surface area contributed by atoms with Gasteiger partial charge in [0.15, 0.2) is 12.3 Å². The molecule has 0 fully saturated rings. The van der Waals surface area contributed by atoms with Crippen molar-refractivity contribution >= 4 is 11.9 Å². The van der Waals surface area contributed by atoms with E-state index in [1.807, 2.05) is 0 Å². The van der Waals surface area contributed by atoms with Gasteiger partial charge in [-0.3, -0.25) is 4.79 Å². The lowest BCUT2D eigenvalue weighted by molar-refractivity contribution is -0.123. The summed E-state index contributed by atoms with van der Waals surface area (Å²) >= 11 is 0. The van der Waals surface area contributed by atoms with Crippen molar-refractivity contribution in [3.8, 4) is 5.88 Å². The average molecular weight is 294 g/mol. The summed E-state index contributed by atoms with van der Waals surface area (Å²) in [7, 11) is 0. The molecule has 21 heavy (non-hydrogen) atoms. The first-order valence-corrected chi connectivity index (χ1v) is 6.12. The minimum atomic E-state index is -1.09. The van der Waals surface area contributed by atoms with E-state index >= 15 is 0 Å². The first-order valence-electron chi connectivity index (χ1n) is 6.12. The van der Waals surface area contributed by atoms with Crippen LogP contribution in [0.3, 0.4) is 0 Å². The van der Waals surface area contributed by atoms with Gasteiger partial charge in [0, 0.05) is 25.4 Å². The van der Waals surface area contributed by atoms with Gasteiger partial charge in [0.2, 0.25) is 0 Å². The Morgan fingerprint density at radius 2 is 2.33 bits per heavy atom. The number of amides is 1. The molecule has 0 aliphatic heterocycles. The molecule has 1 amide bonds. The van der Waals surface area contributed by atoms with Gasteiger partial charge in [-0.15, -0.1) is 0 Å². The van der Waals surface area contributed by atoms with Gasteiger partial charge >= 0.3 is 5.97 Å². The van der Waals surface area contributed by atoms with E-state index in [-0.39, 0.29) is 24.1 Å². The fourth-order valence-electron chi connectivity index (χ4n) is 1.52. The van der Waals surface area contributed by atoms with E-state index in [0.29, 0.717) is 18.8 Å². The summed E-state index contributed by atoms with van der Waals surface area (Å²) in [6.07, 6.45) is 2.79. The Morgan fingerprint density at radius 1 is 1.52 bits per heavy atom. The largest absolute Gasteiger partial charge is 0.476 e. The maximum Gasteiger partial charge on any atom is 0.356 e. The molecule has 0 aliphatic rings. The van der Waals surface area contributed by atoms with E-state index in [0.717, 1.165) is 0 Å². The molecule has 0 atom stereocenters. The third-order valence-electron chi connectivity index (χ3n) is 2.50. The summed E-state index contributed by atoms with van der Waals surface area (Å²) in [5.41, 5.74) is -0.0361. The van der Waals surface area contributed by atoms with Crippen molar-refractivity contribution in [2.24, 2.45) is 0 Å². The van der Waals surface area contributed by atoms with Gasteiger partial charge < -0.3 is 24.3 Å². The molecule has 2 rings (SSSR count). The highest BCUT2D eigenvalue weighted by Crippen LogP contribution is 2.09. The molecule has 0 aromatic carbocycles. The molecule has 9 heteroatoms. The molecule has 2 N–H and O–H groups in total. The number of ether oxygens (including phenoxy) is 1. The molecular weight excluding hydrogens is 280 g/mol. The van der Waals surface area contributed by atoms with Gasteiger partial charge in [0.05, 0.1) is 6.33 Å². The maximum absolute atomic E-state index is 11.5. The van der Waals surface area contributed by atoms with Crippen LogP contribution >= 0.6 is 0 Å². The van der Waals surface area contributed by atoms with E-state index < -0.39 is 5.97 Å². The Hall–Kier alpha value is -2.84. The highest BCUT2D eigenvalue weighted by atomic mass is 16.5. The van der Waals surface area contributed by atoms with Crippen molar-refractivity contribution in [1.29, 1.82) is 0 Å². The van der Waals surface area contributed by atoms with Crippen molar-refractivity contribution in [3.05, 3.63) is 30.0 Å². The van der Waals surface area contributed by atoms with Crippen LogP contribution in [0, 0.1) is 6.92 Å². The zero-order valence-electron chi connectivity index (χ0n) is 11.3. The van der Waals surface area contributed by atoms with Crippen LogP contribution in [0.5, 0.6) is 5.88 Å². The summed E-state index contributed by atoms with van der Waals surface area (Å²) in [5, 5.41) is 14.9. The lowest BCUT2D eigenvalue weighted by atomic mass is 10.5. The number of aromatic nitrogens is 3. The zero-order valence-corrected chi connectivity index (χ0v) is 11.3. The van der Waals surface area contributed by atoms with Gasteiger partial charge in [-0.1, -0.05) is 0 Å². The molecule has 2 aromatic rings. The van der Waals surface area contributed by atoms with Crippen LogP contribution in [-0.2, 0) is 11.3 Å². The van der Waals surface area contributed by atoms with E-state index in [2.05, 4.69) is 15.5 Å². The van der Waals surface area contributed by atoms with Crippen LogP contribution in [0.25, 0.3) is 0 Å². The molecular formula is C12H14N4O5. The van der Waals surface area contributed by atoms with Crippen LogP contribution in [-0.4, -0.2) is 44.8 Å². The minimum Gasteiger partial charge on any atom is -0.476 e. The average Bonchev–Trinajstić information content (AvgIpc) is 3.05. The SMILES string of the molecule is Cc1cc(OCC(=O)NCCn2cnc(C(=O)O)c2)no1. The van der Waals surface area contributed by atoms with Crippen molar-refractivity contribution in [1.82, 2.24) is 20.0 Å². The molecule has 0 saturated carbocycles. The van der Waals surface area contributed by atoms with Crippen LogP contribution in [0.1, 0.15) is 16.2 Å². The van der Waals surface area contributed by atoms with E-state index in [4.69, 9.17) is 14.4 Å². The first-order chi connectivity index (χ1) is 10.0. The van der Waals surface area contributed by atoms with E-state index in [1.54, 1.807) is 17.6 Å². The zero-order chi connectivity index (χ0) is 15.2. The van der Waals surface area contributed by atoms with Crippen molar-refractivity contribution in [2.75, 3.05) is 13.2 Å². The third-order valence-corrected chi connectivity index (χ3v) is 2.50. The number of nitrogens with zero attached hydrogens (tertiary/aromatic N) is 3. The molecule has 2 aromatic heterocycles. The number of carbonyl (C=O) groups is 2. The predicted octanol–water partition coefficient (Wildman–Crippen LogP) is 0.0729.